The fourth-order valence-corrected chi connectivity index (χ4v) is 2.91. The number of nitrogens with zero attached hydrogens (tertiary/aromatic N) is 2. The smallest absolute Gasteiger partial charge is 0.119 e. The van der Waals surface area contributed by atoms with Gasteiger partial charge in [-0.3, -0.25) is 0 Å². The Kier molecular flexibility index (Phi) is 3.72. The van der Waals surface area contributed by atoms with E-state index < -0.39 is 0 Å². The van der Waals surface area contributed by atoms with E-state index in [1.165, 1.54) is 11.1 Å². The van der Waals surface area contributed by atoms with E-state index >= 15 is 0 Å². The van der Waals surface area contributed by atoms with E-state index in [4.69, 9.17) is 16.3 Å². The SMILES string of the molecule is COc1ccc2c(c1)CN(c1ccc(Cl)cc1C#N)CC2. The Bertz CT molecular complexity index is 721. The highest BCUT2D eigenvalue weighted by Crippen LogP contribution is 2.30. The van der Waals surface area contributed by atoms with E-state index in [0.717, 1.165) is 30.9 Å². The van der Waals surface area contributed by atoms with Crippen molar-refractivity contribution in [2.45, 2.75) is 13.0 Å². The summed E-state index contributed by atoms with van der Waals surface area (Å²) in [5, 5.41) is 9.89. The first kappa shape index (κ1) is 13.8. The highest BCUT2D eigenvalue weighted by Gasteiger charge is 2.19. The molecule has 0 fully saturated rings. The lowest BCUT2D eigenvalue weighted by Crippen LogP contribution is -2.30. The van der Waals surface area contributed by atoms with Gasteiger partial charge in [0.1, 0.15) is 11.8 Å². The lowest BCUT2D eigenvalue weighted by atomic mass is 9.98. The molecule has 0 radical (unpaired) electrons. The number of fused-ring (bicyclic) bond motifs is 1. The zero-order valence-corrected chi connectivity index (χ0v) is 12.5. The van der Waals surface area contributed by atoms with Crippen molar-refractivity contribution in [3.05, 3.63) is 58.1 Å². The lowest BCUT2D eigenvalue weighted by molar-refractivity contribution is 0.413. The highest BCUT2D eigenvalue weighted by atomic mass is 35.5. The Morgan fingerprint density at radius 3 is 2.81 bits per heavy atom. The lowest BCUT2D eigenvalue weighted by Gasteiger charge is -2.31. The molecule has 1 aliphatic heterocycles. The van der Waals surface area contributed by atoms with E-state index in [0.29, 0.717) is 10.6 Å². The van der Waals surface area contributed by atoms with Crippen LogP contribution in [0.25, 0.3) is 0 Å². The molecule has 0 aromatic heterocycles. The molecular weight excluding hydrogens is 284 g/mol. The minimum Gasteiger partial charge on any atom is -0.497 e. The largest absolute Gasteiger partial charge is 0.497 e. The molecule has 1 heterocycles. The van der Waals surface area contributed by atoms with Crippen LogP contribution in [-0.2, 0) is 13.0 Å². The summed E-state index contributed by atoms with van der Waals surface area (Å²) in [6.07, 6.45) is 0.965. The quantitative estimate of drug-likeness (QED) is 0.846. The molecule has 0 N–H and O–H groups in total. The number of hydrogen-bond donors (Lipinski definition) is 0. The van der Waals surface area contributed by atoms with Crippen LogP contribution in [-0.4, -0.2) is 13.7 Å². The number of anilines is 1. The highest BCUT2D eigenvalue weighted by molar-refractivity contribution is 6.30. The average molecular weight is 299 g/mol. The summed E-state index contributed by atoms with van der Waals surface area (Å²) in [7, 11) is 1.68. The third-order valence-corrected chi connectivity index (χ3v) is 4.08. The number of rotatable bonds is 2. The van der Waals surface area contributed by atoms with Crippen molar-refractivity contribution in [3.8, 4) is 11.8 Å². The van der Waals surface area contributed by atoms with Crippen LogP contribution in [0.15, 0.2) is 36.4 Å². The maximum Gasteiger partial charge on any atom is 0.119 e. The molecule has 3 rings (SSSR count). The number of ether oxygens (including phenoxy) is 1. The number of nitriles is 1. The minimum absolute atomic E-state index is 0.592. The summed E-state index contributed by atoms with van der Waals surface area (Å²) in [6.45, 7) is 1.68. The van der Waals surface area contributed by atoms with Gasteiger partial charge in [-0.25, -0.2) is 0 Å². The first-order valence-corrected chi connectivity index (χ1v) is 7.19. The summed E-state index contributed by atoms with van der Waals surface area (Å²) in [5.41, 5.74) is 4.16. The molecule has 106 valence electrons. The van der Waals surface area contributed by atoms with Gasteiger partial charge in [-0.2, -0.15) is 5.26 Å². The molecule has 0 unspecified atom stereocenters. The van der Waals surface area contributed by atoms with Crippen LogP contribution in [0.4, 0.5) is 5.69 Å². The van der Waals surface area contributed by atoms with E-state index in [1.54, 1.807) is 13.2 Å². The van der Waals surface area contributed by atoms with Gasteiger partial charge >= 0.3 is 0 Å². The number of halogens is 1. The van der Waals surface area contributed by atoms with Crippen LogP contribution in [0.5, 0.6) is 5.75 Å². The van der Waals surface area contributed by atoms with Crippen LogP contribution in [0.2, 0.25) is 5.02 Å². The molecule has 0 spiro atoms. The Morgan fingerprint density at radius 1 is 1.19 bits per heavy atom. The molecule has 0 atom stereocenters. The number of benzene rings is 2. The first-order valence-electron chi connectivity index (χ1n) is 6.81. The van der Waals surface area contributed by atoms with Crippen LogP contribution < -0.4 is 9.64 Å². The molecule has 2 aromatic carbocycles. The molecule has 4 heteroatoms. The summed E-state index contributed by atoms with van der Waals surface area (Å²) in [6, 6.07) is 13.9. The van der Waals surface area contributed by atoms with E-state index in [-0.39, 0.29) is 0 Å². The molecule has 0 bridgehead atoms. The molecule has 2 aromatic rings. The summed E-state index contributed by atoms with van der Waals surface area (Å²) < 4.78 is 5.29. The van der Waals surface area contributed by atoms with E-state index in [9.17, 15) is 5.26 Å². The standard InChI is InChI=1S/C17H15ClN2O/c1-21-16-4-2-12-6-7-20(11-14(12)9-16)17-5-3-15(18)8-13(17)10-19/h2-5,8-9H,6-7,11H2,1H3. The molecule has 0 saturated heterocycles. The van der Waals surface area contributed by atoms with Crippen LogP contribution in [0.3, 0.4) is 0 Å². The van der Waals surface area contributed by atoms with Crippen molar-refractivity contribution in [1.82, 2.24) is 0 Å². The first-order chi connectivity index (χ1) is 10.2. The van der Waals surface area contributed by atoms with E-state index in [2.05, 4.69) is 23.1 Å². The number of hydrogen-bond acceptors (Lipinski definition) is 3. The van der Waals surface area contributed by atoms with Gasteiger partial charge in [0, 0.05) is 18.1 Å². The maximum absolute atomic E-state index is 9.30. The minimum atomic E-state index is 0.592. The summed E-state index contributed by atoms with van der Waals surface area (Å²) >= 11 is 5.97. The molecule has 1 aliphatic rings. The summed E-state index contributed by atoms with van der Waals surface area (Å²) in [5.74, 6) is 0.868. The van der Waals surface area contributed by atoms with Crippen molar-refractivity contribution in [3.63, 3.8) is 0 Å². The van der Waals surface area contributed by atoms with Gasteiger partial charge in [0.2, 0.25) is 0 Å². The van der Waals surface area contributed by atoms with Gasteiger partial charge in [0.15, 0.2) is 0 Å². The zero-order valence-electron chi connectivity index (χ0n) is 11.8. The molecule has 0 amide bonds. The van der Waals surface area contributed by atoms with Crippen LogP contribution in [0.1, 0.15) is 16.7 Å². The number of methoxy groups -OCH3 is 1. The third kappa shape index (κ3) is 2.68. The normalized spacial score (nSPS) is 13.5. The monoisotopic (exact) mass is 298 g/mol. The van der Waals surface area contributed by atoms with Crippen LogP contribution in [0, 0.1) is 11.3 Å². The Balaban J connectivity index is 1.94. The van der Waals surface area contributed by atoms with E-state index in [1.807, 2.05) is 18.2 Å². The molecule has 0 aliphatic carbocycles. The second kappa shape index (κ2) is 5.67. The Hall–Kier alpha value is -2.18. The van der Waals surface area contributed by atoms with Gasteiger partial charge in [0.05, 0.1) is 18.4 Å². The van der Waals surface area contributed by atoms with Crippen LogP contribution >= 0.6 is 11.6 Å². The predicted octanol–water partition coefficient (Wildman–Crippen LogP) is 3.78. The van der Waals surface area contributed by atoms with Crippen molar-refractivity contribution >= 4 is 17.3 Å². The van der Waals surface area contributed by atoms with Crippen molar-refractivity contribution < 1.29 is 4.74 Å². The maximum atomic E-state index is 9.30. The molecule has 21 heavy (non-hydrogen) atoms. The predicted molar refractivity (Wildman–Crippen MR) is 83.9 cm³/mol. The van der Waals surface area contributed by atoms with Gasteiger partial charge in [-0.1, -0.05) is 17.7 Å². The summed E-state index contributed by atoms with van der Waals surface area (Å²) in [4.78, 5) is 2.22. The molecular formula is C17H15ClN2O. The zero-order chi connectivity index (χ0) is 14.8. The topological polar surface area (TPSA) is 36.3 Å². The second-order valence-electron chi connectivity index (χ2n) is 5.08. The molecule has 3 nitrogen and oxygen atoms in total. The Morgan fingerprint density at radius 2 is 2.05 bits per heavy atom. The molecule has 0 saturated carbocycles. The average Bonchev–Trinajstić information content (AvgIpc) is 2.53. The van der Waals surface area contributed by atoms with Gasteiger partial charge in [-0.05, 0) is 47.9 Å². The van der Waals surface area contributed by atoms with Crippen molar-refractivity contribution in [2.24, 2.45) is 0 Å². The fraction of sp³-hybridized carbons (Fsp3) is 0.235. The van der Waals surface area contributed by atoms with Gasteiger partial charge in [-0.15, -0.1) is 0 Å². The van der Waals surface area contributed by atoms with Gasteiger partial charge < -0.3 is 9.64 Å². The van der Waals surface area contributed by atoms with Gasteiger partial charge in [0.25, 0.3) is 0 Å². The van der Waals surface area contributed by atoms with Crippen molar-refractivity contribution in [1.29, 1.82) is 5.26 Å². The third-order valence-electron chi connectivity index (χ3n) is 3.85. The second-order valence-corrected chi connectivity index (χ2v) is 5.52. The Labute approximate surface area is 129 Å². The fourth-order valence-electron chi connectivity index (χ4n) is 2.74. The van der Waals surface area contributed by atoms with Crippen molar-refractivity contribution in [2.75, 3.05) is 18.6 Å².